The molecular weight excluding hydrogens is 464 g/mol. The van der Waals surface area contributed by atoms with E-state index < -0.39 is 0 Å². The van der Waals surface area contributed by atoms with Crippen molar-refractivity contribution in [2.45, 2.75) is 19.2 Å². The Hall–Kier alpha value is -3.37. The number of carbonyl (C=O) groups excluding carboxylic acids is 1. The van der Waals surface area contributed by atoms with E-state index in [2.05, 4.69) is 15.1 Å². The van der Waals surface area contributed by atoms with Gasteiger partial charge < -0.3 is 34.3 Å². The number of fused-ring (bicyclic) bond motifs is 1. The van der Waals surface area contributed by atoms with E-state index >= 15 is 0 Å². The number of carbonyl (C=O) groups is 1. The SMILES string of the molecule is COc1ccc(CN2CCN(CC(=O)NCCC3Oc4cc(O)ccc4N3C)CC2)c(OC)c1OC. The van der Waals surface area contributed by atoms with Gasteiger partial charge in [0, 0.05) is 64.4 Å². The fourth-order valence-electron chi connectivity index (χ4n) is 4.75. The first-order valence-corrected chi connectivity index (χ1v) is 12.1. The molecule has 2 N–H and O–H groups in total. The van der Waals surface area contributed by atoms with E-state index in [9.17, 15) is 9.90 Å². The Bertz CT molecular complexity index is 1060. The van der Waals surface area contributed by atoms with E-state index in [0.29, 0.717) is 42.5 Å². The van der Waals surface area contributed by atoms with E-state index in [4.69, 9.17) is 18.9 Å². The molecule has 1 saturated heterocycles. The van der Waals surface area contributed by atoms with E-state index in [1.54, 1.807) is 33.5 Å². The summed E-state index contributed by atoms with van der Waals surface area (Å²) in [5.74, 6) is 2.79. The number of anilines is 1. The summed E-state index contributed by atoms with van der Waals surface area (Å²) in [5, 5.41) is 12.7. The molecule has 2 heterocycles. The fraction of sp³-hybridized carbons (Fsp3) is 0.500. The van der Waals surface area contributed by atoms with E-state index in [-0.39, 0.29) is 17.9 Å². The summed E-state index contributed by atoms with van der Waals surface area (Å²) in [6.45, 7) is 4.98. The quantitative estimate of drug-likeness (QED) is 0.507. The Balaban J connectivity index is 1.19. The van der Waals surface area contributed by atoms with Crippen LogP contribution < -0.4 is 29.2 Å². The monoisotopic (exact) mass is 500 g/mol. The second-order valence-corrected chi connectivity index (χ2v) is 9.02. The average molecular weight is 501 g/mol. The minimum atomic E-state index is -0.167. The molecule has 4 rings (SSSR count). The molecule has 1 unspecified atom stereocenters. The topological polar surface area (TPSA) is 96.0 Å². The molecule has 2 aromatic rings. The molecule has 36 heavy (non-hydrogen) atoms. The molecule has 10 nitrogen and oxygen atoms in total. The standard InChI is InChI=1S/C26H36N4O6/c1-28-20-7-6-19(31)15-22(20)36-24(28)9-10-27-23(32)17-30-13-11-29(12-14-30)16-18-5-8-21(33-2)26(35-4)25(18)34-3/h5-8,15,24,31H,9-14,16-17H2,1-4H3,(H,27,32). The molecule has 10 heteroatoms. The molecule has 0 bridgehead atoms. The van der Waals surface area contributed by atoms with Crippen LogP contribution in [-0.2, 0) is 11.3 Å². The van der Waals surface area contributed by atoms with Gasteiger partial charge in [0.1, 0.15) is 11.5 Å². The second-order valence-electron chi connectivity index (χ2n) is 9.02. The summed E-state index contributed by atoms with van der Waals surface area (Å²) in [6.07, 6.45) is 0.484. The molecule has 2 aromatic carbocycles. The smallest absolute Gasteiger partial charge is 0.234 e. The molecule has 0 radical (unpaired) electrons. The summed E-state index contributed by atoms with van der Waals surface area (Å²) in [5.41, 5.74) is 1.98. The highest BCUT2D eigenvalue weighted by molar-refractivity contribution is 5.78. The first-order chi connectivity index (χ1) is 17.4. The van der Waals surface area contributed by atoms with E-state index in [1.807, 2.05) is 30.1 Å². The van der Waals surface area contributed by atoms with Gasteiger partial charge >= 0.3 is 0 Å². The van der Waals surface area contributed by atoms with Crippen LogP contribution in [0.15, 0.2) is 30.3 Å². The van der Waals surface area contributed by atoms with Crippen molar-refractivity contribution in [3.05, 3.63) is 35.9 Å². The lowest BCUT2D eigenvalue weighted by atomic mass is 10.1. The molecule has 1 amide bonds. The average Bonchev–Trinajstić information content (AvgIpc) is 3.18. The minimum Gasteiger partial charge on any atom is -0.508 e. The Morgan fingerprint density at radius 3 is 2.44 bits per heavy atom. The number of piperazine rings is 1. The van der Waals surface area contributed by atoms with Gasteiger partial charge in [0.2, 0.25) is 11.7 Å². The minimum absolute atomic E-state index is 0.0146. The maximum Gasteiger partial charge on any atom is 0.234 e. The van der Waals surface area contributed by atoms with Crippen LogP contribution >= 0.6 is 0 Å². The zero-order chi connectivity index (χ0) is 25.7. The Kier molecular flexibility index (Phi) is 8.27. The second kappa shape index (κ2) is 11.6. The van der Waals surface area contributed by atoms with Crippen LogP contribution in [0.2, 0.25) is 0 Å². The Morgan fingerprint density at radius 2 is 1.75 bits per heavy atom. The van der Waals surface area contributed by atoms with Crippen molar-refractivity contribution in [1.29, 1.82) is 0 Å². The lowest BCUT2D eigenvalue weighted by molar-refractivity contribution is -0.122. The van der Waals surface area contributed by atoms with Gasteiger partial charge in [-0.2, -0.15) is 0 Å². The lowest BCUT2D eigenvalue weighted by Gasteiger charge is -2.34. The van der Waals surface area contributed by atoms with Crippen LogP contribution in [0.3, 0.4) is 0 Å². The van der Waals surface area contributed by atoms with Crippen molar-refractivity contribution in [2.75, 3.05) is 72.5 Å². The van der Waals surface area contributed by atoms with Crippen molar-refractivity contribution in [3.63, 3.8) is 0 Å². The third kappa shape index (κ3) is 5.71. The molecule has 1 fully saturated rings. The lowest BCUT2D eigenvalue weighted by Crippen LogP contribution is -2.49. The molecule has 0 aromatic heterocycles. The Morgan fingerprint density at radius 1 is 1.03 bits per heavy atom. The number of ether oxygens (including phenoxy) is 4. The van der Waals surface area contributed by atoms with Crippen molar-refractivity contribution < 1.29 is 28.8 Å². The molecule has 196 valence electrons. The first kappa shape index (κ1) is 25.7. The molecule has 0 spiro atoms. The summed E-state index contributed by atoms with van der Waals surface area (Å²) in [6, 6.07) is 9.00. The molecule has 1 atom stereocenters. The van der Waals surface area contributed by atoms with Crippen molar-refractivity contribution in [2.24, 2.45) is 0 Å². The van der Waals surface area contributed by atoms with Gasteiger partial charge in [0.05, 0.1) is 33.6 Å². The number of methoxy groups -OCH3 is 3. The van der Waals surface area contributed by atoms with Crippen LogP contribution in [0.5, 0.6) is 28.7 Å². The van der Waals surface area contributed by atoms with Crippen LogP contribution in [0.4, 0.5) is 5.69 Å². The normalized spacial score (nSPS) is 17.9. The number of phenolic OH excluding ortho intramolecular Hbond substituents is 1. The number of aromatic hydroxyl groups is 1. The third-order valence-electron chi connectivity index (χ3n) is 6.74. The molecular formula is C26H36N4O6. The maximum atomic E-state index is 12.5. The molecule has 2 aliphatic heterocycles. The van der Waals surface area contributed by atoms with Gasteiger partial charge in [0.15, 0.2) is 17.7 Å². The molecule has 0 saturated carbocycles. The van der Waals surface area contributed by atoms with Crippen molar-refractivity contribution >= 4 is 11.6 Å². The number of nitrogens with zero attached hydrogens (tertiary/aromatic N) is 3. The first-order valence-electron chi connectivity index (χ1n) is 12.1. The van der Waals surface area contributed by atoms with Gasteiger partial charge in [0.25, 0.3) is 0 Å². The van der Waals surface area contributed by atoms with Crippen LogP contribution in [-0.4, -0.2) is 94.7 Å². The number of rotatable bonds is 10. The largest absolute Gasteiger partial charge is 0.508 e. The summed E-state index contributed by atoms with van der Waals surface area (Å²) in [7, 11) is 6.81. The van der Waals surface area contributed by atoms with Gasteiger partial charge in [-0.3, -0.25) is 14.6 Å². The van der Waals surface area contributed by atoms with E-state index in [0.717, 1.165) is 44.0 Å². The number of hydrogen-bond acceptors (Lipinski definition) is 9. The van der Waals surface area contributed by atoms with Gasteiger partial charge in [-0.05, 0) is 18.2 Å². The van der Waals surface area contributed by atoms with Crippen molar-refractivity contribution in [1.82, 2.24) is 15.1 Å². The summed E-state index contributed by atoms with van der Waals surface area (Å²) < 4.78 is 22.4. The zero-order valence-corrected chi connectivity index (χ0v) is 21.5. The number of nitrogens with one attached hydrogen (secondary N) is 1. The van der Waals surface area contributed by atoms with Crippen LogP contribution in [0.1, 0.15) is 12.0 Å². The Labute approximate surface area is 212 Å². The highest BCUT2D eigenvalue weighted by Crippen LogP contribution is 2.40. The molecule has 0 aliphatic carbocycles. The number of phenols is 1. The van der Waals surface area contributed by atoms with Gasteiger partial charge in [-0.15, -0.1) is 0 Å². The van der Waals surface area contributed by atoms with Gasteiger partial charge in [-0.25, -0.2) is 0 Å². The summed E-state index contributed by atoms with van der Waals surface area (Å²) >= 11 is 0. The van der Waals surface area contributed by atoms with Crippen LogP contribution in [0, 0.1) is 0 Å². The maximum absolute atomic E-state index is 12.5. The highest BCUT2D eigenvalue weighted by Gasteiger charge is 2.28. The van der Waals surface area contributed by atoms with Crippen molar-refractivity contribution in [3.8, 4) is 28.7 Å². The zero-order valence-electron chi connectivity index (χ0n) is 21.5. The predicted octanol–water partition coefficient (Wildman–Crippen LogP) is 1.90. The molecule has 2 aliphatic rings. The summed E-state index contributed by atoms with van der Waals surface area (Å²) in [4.78, 5) is 19.1. The van der Waals surface area contributed by atoms with Gasteiger partial charge in [-0.1, -0.05) is 6.07 Å². The fourth-order valence-corrected chi connectivity index (χ4v) is 4.75. The third-order valence-corrected chi connectivity index (χ3v) is 6.74. The van der Waals surface area contributed by atoms with Crippen LogP contribution in [0.25, 0.3) is 0 Å². The highest BCUT2D eigenvalue weighted by atomic mass is 16.5. The number of amides is 1. The predicted molar refractivity (Wildman–Crippen MR) is 136 cm³/mol. The number of hydrogen-bond donors (Lipinski definition) is 2. The number of benzene rings is 2. The van der Waals surface area contributed by atoms with E-state index in [1.165, 1.54) is 0 Å².